The molecule has 0 aliphatic carbocycles. The van der Waals surface area contributed by atoms with Gasteiger partial charge in [0, 0.05) is 18.2 Å². The van der Waals surface area contributed by atoms with Gasteiger partial charge in [-0.1, -0.05) is 23.8 Å². The van der Waals surface area contributed by atoms with Crippen LogP contribution in [-0.4, -0.2) is 16.7 Å². The van der Waals surface area contributed by atoms with Crippen molar-refractivity contribution in [1.82, 2.24) is 10.2 Å². The van der Waals surface area contributed by atoms with Crippen molar-refractivity contribution in [3.8, 4) is 11.3 Å². The highest BCUT2D eigenvalue weighted by Gasteiger charge is 2.05. The number of rotatable bonds is 3. The Bertz CT molecular complexity index is 486. The molecule has 0 aliphatic rings. The van der Waals surface area contributed by atoms with Gasteiger partial charge in [-0.3, -0.25) is 5.10 Å². The molecule has 1 aromatic carbocycles. The highest BCUT2D eigenvalue weighted by molar-refractivity contribution is 5.66. The molecule has 1 heterocycles. The normalized spacial score (nSPS) is 10.4. The van der Waals surface area contributed by atoms with Crippen molar-refractivity contribution in [3.63, 3.8) is 0 Å². The second-order valence-electron chi connectivity index (χ2n) is 4.02. The highest BCUT2D eigenvalue weighted by Crippen LogP contribution is 2.24. The third kappa shape index (κ3) is 2.08. The zero-order valence-electron chi connectivity index (χ0n) is 9.96. The zero-order valence-corrected chi connectivity index (χ0v) is 9.96. The number of nitrogens with zero attached hydrogens (tertiary/aromatic N) is 1. The minimum Gasteiger partial charge on any atom is -0.369 e. The summed E-state index contributed by atoms with van der Waals surface area (Å²) in [5.41, 5.74) is 4.83. The molecule has 2 rings (SSSR count). The quantitative estimate of drug-likeness (QED) is 0.825. The van der Waals surface area contributed by atoms with Gasteiger partial charge in [0.2, 0.25) is 0 Å². The van der Waals surface area contributed by atoms with Crippen LogP contribution in [0.5, 0.6) is 0 Å². The van der Waals surface area contributed by atoms with Crippen molar-refractivity contribution in [2.75, 3.05) is 11.9 Å². The van der Waals surface area contributed by atoms with Crippen LogP contribution in [0.15, 0.2) is 24.3 Å². The molecule has 3 heteroatoms. The van der Waals surface area contributed by atoms with Crippen LogP contribution in [0, 0.1) is 13.8 Å². The summed E-state index contributed by atoms with van der Waals surface area (Å²) in [5, 5.41) is 10.5. The van der Waals surface area contributed by atoms with Crippen molar-refractivity contribution in [1.29, 1.82) is 0 Å². The van der Waals surface area contributed by atoms with Crippen LogP contribution < -0.4 is 5.32 Å². The van der Waals surface area contributed by atoms with Crippen LogP contribution >= 0.6 is 0 Å². The molecule has 0 spiro atoms. The molecule has 0 unspecified atom stereocenters. The van der Waals surface area contributed by atoms with Crippen molar-refractivity contribution < 1.29 is 0 Å². The van der Waals surface area contributed by atoms with Gasteiger partial charge in [0.1, 0.15) is 5.82 Å². The number of aromatic amines is 1. The predicted octanol–water partition coefficient (Wildman–Crippen LogP) is 3.13. The summed E-state index contributed by atoms with van der Waals surface area (Å²) in [6, 6.07) is 8.48. The fourth-order valence-corrected chi connectivity index (χ4v) is 1.85. The fourth-order valence-electron chi connectivity index (χ4n) is 1.85. The molecular weight excluding hydrogens is 198 g/mol. The van der Waals surface area contributed by atoms with Crippen molar-refractivity contribution in [2.45, 2.75) is 20.8 Å². The van der Waals surface area contributed by atoms with Crippen LogP contribution in [0.2, 0.25) is 0 Å². The van der Waals surface area contributed by atoms with E-state index < -0.39 is 0 Å². The third-order valence-corrected chi connectivity index (χ3v) is 2.61. The average Bonchev–Trinajstić information content (AvgIpc) is 2.67. The van der Waals surface area contributed by atoms with Gasteiger partial charge >= 0.3 is 0 Å². The van der Waals surface area contributed by atoms with E-state index in [0.717, 1.165) is 18.1 Å². The number of benzene rings is 1. The van der Waals surface area contributed by atoms with E-state index in [4.69, 9.17) is 0 Å². The minimum absolute atomic E-state index is 0.886. The molecule has 2 aromatic rings. The maximum atomic E-state index is 4.21. The summed E-state index contributed by atoms with van der Waals surface area (Å²) in [4.78, 5) is 0. The van der Waals surface area contributed by atoms with Gasteiger partial charge in [0.05, 0.1) is 5.69 Å². The first-order valence-corrected chi connectivity index (χ1v) is 5.57. The smallest absolute Gasteiger partial charge is 0.148 e. The number of hydrogen-bond acceptors (Lipinski definition) is 2. The van der Waals surface area contributed by atoms with Crippen molar-refractivity contribution in [2.24, 2.45) is 0 Å². The van der Waals surface area contributed by atoms with E-state index in [1.807, 2.05) is 6.07 Å². The predicted molar refractivity (Wildman–Crippen MR) is 67.7 cm³/mol. The zero-order chi connectivity index (χ0) is 11.5. The summed E-state index contributed by atoms with van der Waals surface area (Å²) in [6.45, 7) is 7.17. The van der Waals surface area contributed by atoms with Gasteiger partial charge < -0.3 is 5.32 Å². The van der Waals surface area contributed by atoms with Crippen LogP contribution in [0.1, 0.15) is 18.1 Å². The van der Waals surface area contributed by atoms with E-state index in [-0.39, 0.29) is 0 Å². The Kier molecular flexibility index (Phi) is 2.95. The molecular formula is C13H17N3. The summed E-state index contributed by atoms with van der Waals surface area (Å²) in [5.74, 6) is 0.900. The molecule has 2 N–H and O–H groups in total. The molecule has 0 saturated heterocycles. The van der Waals surface area contributed by atoms with Gasteiger partial charge in [0.15, 0.2) is 0 Å². The van der Waals surface area contributed by atoms with Crippen LogP contribution in [-0.2, 0) is 0 Å². The van der Waals surface area contributed by atoms with Gasteiger partial charge in [-0.2, -0.15) is 5.10 Å². The second kappa shape index (κ2) is 4.39. The lowest BCUT2D eigenvalue weighted by Gasteiger charge is -2.03. The first-order valence-electron chi connectivity index (χ1n) is 5.57. The molecule has 1 aromatic heterocycles. The maximum absolute atomic E-state index is 4.21. The lowest BCUT2D eigenvalue weighted by Crippen LogP contribution is -1.95. The lowest BCUT2D eigenvalue weighted by atomic mass is 10.0. The van der Waals surface area contributed by atoms with Crippen molar-refractivity contribution in [3.05, 3.63) is 35.4 Å². The van der Waals surface area contributed by atoms with E-state index in [2.05, 4.69) is 54.5 Å². The molecule has 0 fully saturated rings. The Balaban J connectivity index is 2.35. The average molecular weight is 215 g/mol. The summed E-state index contributed by atoms with van der Waals surface area (Å²) < 4.78 is 0. The first-order chi connectivity index (χ1) is 7.70. The molecule has 3 nitrogen and oxygen atoms in total. The molecule has 0 amide bonds. The Labute approximate surface area is 95.9 Å². The van der Waals surface area contributed by atoms with Gasteiger partial charge in [-0.15, -0.1) is 0 Å². The van der Waals surface area contributed by atoms with E-state index in [1.165, 1.54) is 16.7 Å². The Morgan fingerprint density at radius 3 is 2.75 bits per heavy atom. The first kappa shape index (κ1) is 10.7. The lowest BCUT2D eigenvalue weighted by molar-refractivity contribution is 1.07. The van der Waals surface area contributed by atoms with E-state index in [9.17, 15) is 0 Å². The monoisotopic (exact) mass is 215 g/mol. The van der Waals surface area contributed by atoms with Crippen LogP contribution in [0.25, 0.3) is 11.3 Å². The van der Waals surface area contributed by atoms with Crippen LogP contribution in [0.4, 0.5) is 5.82 Å². The molecule has 16 heavy (non-hydrogen) atoms. The Morgan fingerprint density at radius 1 is 1.25 bits per heavy atom. The number of hydrogen-bond donors (Lipinski definition) is 2. The third-order valence-electron chi connectivity index (χ3n) is 2.61. The number of H-pyrrole nitrogens is 1. The fraction of sp³-hybridized carbons (Fsp3) is 0.308. The minimum atomic E-state index is 0.886. The highest BCUT2D eigenvalue weighted by atomic mass is 15.2. The number of aromatic nitrogens is 2. The SMILES string of the molecule is CCNc1cc(-c2ccc(C)cc2C)[nH]n1. The number of nitrogens with one attached hydrogen (secondary N) is 2. The Morgan fingerprint density at radius 2 is 2.06 bits per heavy atom. The summed E-state index contributed by atoms with van der Waals surface area (Å²) in [6.07, 6.45) is 0. The van der Waals surface area contributed by atoms with Gasteiger partial charge in [-0.25, -0.2) is 0 Å². The second-order valence-corrected chi connectivity index (χ2v) is 4.02. The van der Waals surface area contributed by atoms with Gasteiger partial charge in [-0.05, 0) is 26.3 Å². The standard InChI is InChI=1S/C13H17N3/c1-4-14-13-8-12(15-16-13)11-6-5-9(2)7-10(11)3/h5-8H,4H2,1-3H3,(H2,14,15,16). The molecule has 0 saturated carbocycles. The van der Waals surface area contributed by atoms with E-state index >= 15 is 0 Å². The summed E-state index contributed by atoms with van der Waals surface area (Å²) in [7, 11) is 0. The number of anilines is 1. The topological polar surface area (TPSA) is 40.7 Å². The van der Waals surface area contributed by atoms with Gasteiger partial charge in [0.25, 0.3) is 0 Å². The Hall–Kier alpha value is -1.77. The summed E-state index contributed by atoms with van der Waals surface area (Å²) >= 11 is 0. The van der Waals surface area contributed by atoms with Crippen molar-refractivity contribution >= 4 is 5.82 Å². The van der Waals surface area contributed by atoms with E-state index in [1.54, 1.807) is 0 Å². The molecule has 0 aliphatic heterocycles. The number of aryl methyl sites for hydroxylation is 2. The largest absolute Gasteiger partial charge is 0.369 e. The molecule has 0 atom stereocenters. The van der Waals surface area contributed by atoms with Crippen LogP contribution in [0.3, 0.4) is 0 Å². The molecule has 0 radical (unpaired) electrons. The molecule has 84 valence electrons. The maximum Gasteiger partial charge on any atom is 0.148 e. The molecule has 0 bridgehead atoms. The van der Waals surface area contributed by atoms with E-state index in [0.29, 0.717) is 0 Å².